The highest BCUT2D eigenvalue weighted by Crippen LogP contribution is 2.54. The average Bonchev–Trinajstić information content (AvgIpc) is 3.26. The molecular formula is C41H33N. The molecule has 7 aromatic carbocycles. The van der Waals surface area contributed by atoms with Crippen LogP contribution in [0.3, 0.4) is 0 Å². The molecule has 1 unspecified atom stereocenters. The minimum absolute atomic E-state index is 0.0124. The molecular weight excluding hydrogens is 506 g/mol. The maximum absolute atomic E-state index is 6.20. The standard InChI is InChI=1S/C41H33N/c1-25(42)26-20-22-27(23-21-26)38-30-14-6-8-16-32(30)39(33-17-9-7-15-31(33)38)35-24-37-40(29-13-5-4-12-28(29)35)34-18-10-11-19-36(34)41(37,2)3/h4-25H,42H2,1-3H3. The smallest absolute Gasteiger partial charge is 0.0266 e. The van der Waals surface area contributed by atoms with E-state index in [4.69, 9.17) is 5.73 Å². The van der Waals surface area contributed by atoms with Gasteiger partial charge in [-0.15, -0.1) is 0 Å². The Morgan fingerprint density at radius 3 is 1.52 bits per heavy atom. The van der Waals surface area contributed by atoms with Gasteiger partial charge in [-0.25, -0.2) is 0 Å². The number of hydrogen-bond acceptors (Lipinski definition) is 1. The molecule has 0 radical (unpaired) electrons. The van der Waals surface area contributed by atoms with Gasteiger partial charge in [-0.3, -0.25) is 0 Å². The van der Waals surface area contributed by atoms with E-state index >= 15 is 0 Å². The predicted octanol–water partition coefficient (Wildman–Crippen LogP) is 10.8. The van der Waals surface area contributed by atoms with Crippen molar-refractivity contribution < 1.29 is 0 Å². The number of rotatable bonds is 3. The van der Waals surface area contributed by atoms with Crippen molar-refractivity contribution >= 4 is 32.3 Å². The van der Waals surface area contributed by atoms with Gasteiger partial charge < -0.3 is 5.73 Å². The Morgan fingerprint density at radius 1 is 0.476 bits per heavy atom. The van der Waals surface area contributed by atoms with Crippen molar-refractivity contribution in [2.75, 3.05) is 0 Å². The van der Waals surface area contributed by atoms with Crippen molar-refractivity contribution in [3.63, 3.8) is 0 Å². The summed E-state index contributed by atoms with van der Waals surface area (Å²) in [6.45, 7) is 6.79. The van der Waals surface area contributed by atoms with Gasteiger partial charge in [0.2, 0.25) is 0 Å². The van der Waals surface area contributed by atoms with Crippen LogP contribution in [0.4, 0.5) is 0 Å². The first-order valence-corrected chi connectivity index (χ1v) is 14.9. The first kappa shape index (κ1) is 25.0. The van der Waals surface area contributed by atoms with Crippen LogP contribution in [0.25, 0.3) is 65.7 Å². The molecule has 7 aromatic rings. The zero-order valence-electron chi connectivity index (χ0n) is 24.3. The molecule has 0 saturated heterocycles. The molecule has 0 heterocycles. The predicted molar refractivity (Wildman–Crippen MR) is 180 cm³/mol. The van der Waals surface area contributed by atoms with Gasteiger partial charge >= 0.3 is 0 Å². The molecule has 8 rings (SSSR count). The van der Waals surface area contributed by atoms with Gasteiger partial charge in [-0.1, -0.05) is 135 Å². The summed E-state index contributed by atoms with van der Waals surface area (Å²) in [7, 11) is 0. The van der Waals surface area contributed by atoms with Crippen LogP contribution in [-0.4, -0.2) is 0 Å². The summed E-state index contributed by atoms with van der Waals surface area (Å²) >= 11 is 0. The quantitative estimate of drug-likeness (QED) is 0.222. The number of hydrogen-bond donors (Lipinski definition) is 1. The second kappa shape index (κ2) is 9.14. The molecule has 202 valence electrons. The molecule has 1 nitrogen and oxygen atoms in total. The van der Waals surface area contributed by atoms with Crippen molar-refractivity contribution in [3.05, 3.63) is 144 Å². The lowest BCUT2D eigenvalue weighted by Crippen LogP contribution is -2.15. The lowest BCUT2D eigenvalue weighted by atomic mass is 9.79. The molecule has 0 spiro atoms. The monoisotopic (exact) mass is 539 g/mol. The SMILES string of the molecule is CC(N)c1ccc(-c2c3ccccc3c(-c3cc4c(c5ccccc35)-c3ccccc3C4(C)C)c3ccccc23)cc1. The van der Waals surface area contributed by atoms with Crippen molar-refractivity contribution in [3.8, 4) is 33.4 Å². The third kappa shape index (κ3) is 3.47. The molecule has 42 heavy (non-hydrogen) atoms. The highest BCUT2D eigenvalue weighted by atomic mass is 14.6. The van der Waals surface area contributed by atoms with Crippen LogP contribution in [0.2, 0.25) is 0 Å². The zero-order valence-corrected chi connectivity index (χ0v) is 24.3. The van der Waals surface area contributed by atoms with Crippen LogP contribution in [0.1, 0.15) is 43.5 Å². The largest absolute Gasteiger partial charge is 0.324 e. The molecule has 0 saturated carbocycles. The second-order valence-electron chi connectivity index (χ2n) is 12.3. The van der Waals surface area contributed by atoms with Crippen LogP contribution >= 0.6 is 0 Å². The molecule has 0 aromatic heterocycles. The fourth-order valence-corrected chi connectivity index (χ4v) is 7.44. The molecule has 0 aliphatic heterocycles. The van der Waals surface area contributed by atoms with E-state index in [2.05, 4.69) is 141 Å². The number of fused-ring (bicyclic) bond motifs is 7. The first-order chi connectivity index (χ1) is 20.4. The summed E-state index contributed by atoms with van der Waals surface area (Å²) in [5.41, 5.74) is 17.9. The number of nitrogens with two attached hydrogens (primary N) is 1. The Hall–Kier alpha value is -4.72. The van der Waals surface area contributed by atoms with E-state index in [0.717, 1.165) is 5.56 Å². The normalized spacial score (nSPS) is 14.3. The fraction of sp³-hybridized carbons (Fsp3) is 0.122. The van der Waals surface area contributed by atoms with Crippen LogP contribution in [0, 0.1) is 0 Å². The van der Waals surface area contributed by atoms with E-state index in [1.54, 1.807) is 0 Å². The van der Waals surface area contributed by atoms with Crippen molar-refractivity contribution in [2.24, 2.45) is 5.73 Å². The zero-order chi connectivity index (χ0) is 28.6. The van der Waals surface area contributed by atoms with Gasteiger partial charge in [0.15, 0.2) is 0 Å². The minimum atomic E-state index is -0.0852. The van der Waals surface area contributed by atoms with E-state index in [0.29, 0.717) is 0 Å². The third-order valence-corrected chi connectivity index (χ3v) is 9.51. The van der Waals surface area contributed by atoms with Gasteiger partial charge in [-0.2, -0.15) is 0 Å². The van der Waals surface area contributed by atoms with Gasteiger partial charge in [0.25, 0.3) is 0 Å². The van der Waals surface area contributed by atoms with E-state index in [9.17, 15) is 0 Å². The molecule has 1 aliphatic rings. The van der Waals surface area contributed by atoms with Gasteiger partial charge in [0.1, 0.15) is 0 Å². The Bertz CT molecular complexity index is 2120. The lowest BCUT2D eigenvalue weighted by molar-refractivity contribution is 0.661. The van der Waals surface area contributed by atoms with Crippen molar-refractivity contribution in [1.82, 2.24) is 0 Å². The highest BCUT2D eigenvalue weighted by molar-refractivity contribution is 6.24. The highest BCUT2D eigenvalue weighted by Gasteiger charge is 2.37. The summed E-state index contributed by atoms with van der Waals surface area (Å²) in [5, 5.41) is 7.72. The fourth-order valence-electron chi connectivity index (χ4n) is 7.44. The summed E-state index contributed by atoms with van der Waals surface area (Å²) in [5.74, 6) is 0. The van der Waals surface area contributed by atoms with E-state index in [-0.39, 0.29) is 11.5 Å². The Kier molecular flexibility index (Phi) is 5.45. The first-order valence-electron chi connectivity index (χ1n) is 14.9. The van der Waals surface area contributed by atoms with Gasteiger partial charge in [0, 0.05) is 11.5 Å². The Balaban J connectivity index is 1.51. The Morgan fingerprint density at radius 2 is 0.952 bits per heavy atom. The van der Waals surface area contributed by atoms with E-state index in [1.807, 2.05) is 6.92 Å². The summed E-state index contributed by atoms with van der Waals surface area (Å²) in [6, 6.07) is 47.1. The van der Waals surface area contributed by atoms with Crippen LogP contribution < -0.4 is 5.73 Å². The van der Waals surface area contributed by atoms with Crippen molar-refractivity contribution in [1.29, 1.82) is 0 Å². The molecule has 2 N–H and O–H groups in total. The van der Waals surface area contributed by atoms with Crippen LogP contribution in [0.5, 0.6) is 0 Å². The third-order valence-electron chi connectivity index (χ3n) is 9.51. The van der Waals surface area contributed by atoms with Crippen molar-refractivity contribution in [2.45, 2.75) is 32.2 Å². The molecule has 0 fully saturated rings. The van der Waals surface area contributed by atoms with Crippen LogP contribution in [-0.2, 0) is 5.41 Å². The van der Waals surface area contributed by atoms with E-state index in [1.165, 1.54) is 76.8 Å². The summed E-state index contributed by atoms with van der Waals surface area (Å²) in [4.78, 5) is 0. The molecule has 1 aliphatic carbocycles. The Labute approximate surface area is 247 Å². The maximum atomic E-state index is 6.20. The van der Waals surface area contributed by atoms with E-state index < -0.39 is 0 Å². The molecule has 0 amide bonds. The summed E-state index contributed by atoms with van der Waals surface area (Å²) in [6.07, 6.45) is 0. The van der Waals surface area contributed by atoms with Gasteiger partial charge in [-0.05, 0) is 95.4 Å². The maximum Gasteiger partial charge on any atom is 0.0266 e. The second-order valence-corrected chi connectivity index (χ2v) is 12.3. The topological polar surface area (TPSA) is 26.0 Å². The molecule has 1 heteroatoms. The minimum Gasteiger partial charge on any atom is -0.324 e. The summed E-state index contributed by atoms with van der Waals surface area (Å²) < 4.78 is 0. The van der Waals surface area contributed by atoms with Gasteiger partial charge in [0.05, 0.1) is 0 Å². The van der Waals surface area contributed by atoms with Crippen LogP contribution in [0.15, 0.2) is 127 Å². The average molecular weight is 540 g/mol. The molecule has 0 bridgehead atoms. The molecule has 1 atom stereocenters. The number of benzene rings is 7. The lowest BCUT2D eigenvalue weighted by Gasteiger charge is -2.24.